The molecule has 3 N–H and O–H groups in total. The number of hydrogen-bond acceptors (Lipinski definition) is 6. The van der Waals surface area contributed by atoms with Crippen molar-refractivity contribution >= 4 is 46.7 Å². The van der Waals surface area contributed by atoms with Crippen LogP contribution in [0, 0.1) is 11.2 Å². The molecule has 254 valence electrons. The summed E-state index contributed by atoms with van der Waals surface area (Å²) in [5, 5.41) is 2.98. The van der Waals surface area contributed by atoms with Crippen molar-refractivity contribution in [2.24, 2.45) is 5.41 Å². The number of alkyl halides is 2. The van der Waals surface area contributed by atoms with Crippen LogP contribution >= 0.6 is 18.9 Å². The van der Waals surface area contributed by atoms with E-state index in [9.17, 15) is 32.1 Å². The number of carbonyl (C=O) groups is 3. The SMILES string of the molecule is CC1(c2ccc(F)cc2)CN(C(=O)[C@@H]2CCCN2C(=O)[C@@H](NC(=O)c2cc3cc(C(F)(F)P(=O)(O)O)ccc3s2)C(C)(C)C)CCO1. The Kier molecular flexibility index (Phi) is 9.41. The maximum absolute atomic E-state index is 14.3. The second-order valence-electron chi connectivity index (χ2n) is 13.3. The fraction of sp³-hybridized carbons (Fsp3) is 0.469. The molecule has 2 aliphatic rings. The molecule has 3 amide bonds. The largest absolute Gasteiger partial charge is 0.399 e. The lowest BCUT2D eigenvalue weighted by Crippen LogP contribution is -2.59. The number of amides is 3. The monoisotopic (exact) mass is 695 g/mol. The summed E-state index contributed by atoms with van der Waals surface area (Å²) in [6.45, 7) is 8.27. The Morgan fingerprint density at radius 2 is 1.77 bits per heavy atom. The number of rotatable bonds is 7. The second kappa shape index (κ2) is 12.6. The zero-order valence-electron chi connectivity index (χ0n) is 26.3. The average Bonchev–Trinajstić information content (AvgIpc) is 3.66. The predicted octanol–water partition coefficient (Wildman–Crippen LogP) is 5.18. The zero-order valence-corrected chi connectivity index (χ0v) is 28.0. The van der Waals surface area contributed by atoms with Crippen LogP contribution in [-0.4, -0.2) is 75.6 Å². The van der Waals surface area contributed by atoms with Crippen LogP contribution in [-0.2, 0) is 30.2 Å². The molecule has 0 saturated carbocycles. The Hall–Kier alpha value is -3.29. The van der Waals surface area contributed by atoms with Crippen LogP contribution in [0.3, 0.4) is 0 Å². The third-order valence-corrected chi connectivity index (χ3v) is 10.8. The summed E-state index contributed by atoms with van der Waals surface area (Å²) in [5.74, 6) is -1.68. The zero-order chi connectivity index (χ0) is 34.5. The van der Waals surface area contributed by atoms with Gasteiger partial charge < -0.3 is 29.6 Å². The standard InChI is InChI=1S/C32H37F3N3O7PS/c1-30(2,3)26(36-27(39)25-17-19-16-21(9-12-24(19)47-25)32(34,35)46(42,43)44)29(41)38-13-5-6-23(38)28(40)37-14-15-45-31(4,18-37)20-7-10-22(33)11-8-20/h7-12,16-17,23,26H,5-6,13-15,18H2,1-4H3,(H,36,39)(H2,42,43,44)/t23-,26+,31?/m0/s1. The highest BCUT2D eigenvalue weighted by Gasteiger charge is 2.50. The molecule has 0 aliphatic carbocycles. The van der Waals surface area contributed by atoms with Crippen molar-refractivity contribution in [2.45, 2.75) is 63.9 Å². The van der Waals surface area contributed by atoms with Crippen molar-refractivity contribution in [3.8, 4) is 0 Å². The lowest BCUT2D eigenvalue weighted by molar-refractivity contribution is -0.157. The van der Waals surface area contributed by atoms with Gasteiger partial charge in [0.05, 0.1) is 18.0 Å². The van der Waals surface area contributed by atoms with E-state index in [-0.39, 0.29) is 35.1 Å². The van der Waals surface area contributed by atoms with E-state index in [0.29, 0.717) is 30.6 Å². The van der Waals surface area contributed by atoms with Crippen molar-refractivity contribution < 1.29 is 46.6 Å². The van der Waals surface area contributed by atoms with Gasteiger partial charge in [0.1, 0.15) is 23.5 Å². The van der Waals surface area contributed by atoms with Crippen LogP contribution in [0.2, 0.25) is 0 Å². The Morgan fingerprint density at radius 3 is 2.40 bits per heavy atom. The highest BCUT2D eigenvalue weighted by atomic mass is 32.1. The van der Waals surface area contributed by atoms with Gasteiger partial charge in [0.25, 0.3) is 5.91 Å². The summed E-state index contributed by atoms with van der Waals surface area (Å²) < 4.78 is 60.0. The number of nitrogens with zero attached hydrogens (tertiary/aromatic N) is 2. The van der Waals surface area contributed by atoms with Gasteiger partial charge in [-0.15, -0.1) is 11.3 Å². The average molecular weight is 696 g/mol. The minimum absolute atomic E-state index is 0.112. The molecule has 2 aliphatic heterocycles. The van der Waals surface area contributed by atoms with Gasteiger partial charge in [0.2, 0.25) is 11.8 Å². The molecule has 3 heterocycles. The first kappa shape index (κ1) is 35.0. The number of ether oxygens (including phenoxy) is 1. The highest BCUT2D eigenvalue weighted by Crippen LogP contribution is 2.59. The molecular weight excluding hydrogens is 658 g/mol. The van der Waals surface area contributed by atoms with E-state index in [2.05, 4.69) is 5.32 Å². The van der Waals surface area contributed by atoms with Crippen molar-refractivity contribution in [3.05, 3.63) is 70.4 Å². The van der Waals surface area contributed by atoms with Gasteiger partial charge in [-0.25, -0.2) is 4.39 Å². The van der Waals surface area contributed by atoms with Crippen LogP contribution in [0.5, 0.6) is 0 Å². The van der Waals surface area contributed by atoms with Crippen LogP contribution in [0.1, 0.15) is 61.3 Å². The van der Waals surface area contributed by atoms with Crippen molar-refractivity contribution in [1.82, 2.24) is 15.1 Å². The minimum Gasteiger partial charge on any atom is -0.367 e. The first-order valence-electron chi connectivity index (χ1n) is 15.1. The number of likely N-dealkylation sites (tertiary alicyclic amines) is 1. The lowest BCUT2D eigenvalue weighted by atomic mass is 9.85. The minimum atomic E-state index is -5.78. The molecule has 0 bridgehead atoms. The lowest BCUT2D eigenvalue weighted by Gasteiger charge is -2.43. The van der Waals surface area contributed by atoms with Gasteiger partial charge in [0.15, 0.2) is 0 Å². The van der Waals surface area contributed by atoms with E-state index < -0.39 is 53.7 Å². The number of carbonyl (C=O) groups excluding carboxylic acids is 3. The Morgan fingerprint density at radius 1 is 1.09 bits per heavy atom. The summed E-state index contributed by atoms with van der Waals surface area (Å²) in [6, 6.07) is 8.55. The molecule has 1 unspecified atom stereocenters. The maximum Gasteiger partial charge on any atom is 0.399 e. The van der Waals surface area contributed by atoms with Crippen molar-refractivity contribution in [1.29, 1.82) is 0 Å². The summed E-state index contributed by atoms with van der Waals surface area (Å²) in [5.41, 5.74) is -6.21. The molecule has 15 heteroatoms. The predicted molar refractivity (Wildman–Crippen MR) is 169 cm³/mol. The second-order valence-corrected chi connectivity index (χ2v) is 16.0. The van der Waals surface area contributed by atoms with Crippen LogP contribution < -0.4 is 5.32 Å². The molecule has 1 aromatic heterocycles. The van der Waals surface area contributed by atoms with Crippen molar-refractivity contribution in [2.75, 3.05) is 26.2 Å². The molecule has 10 nitrogen and oxygen atoms in total. The number of thiophene rings is 1. The number of morpholine rings is 1. The summed E-state index contributed by atoms with van der Waals surface area (Å²) >= 11 is 0.982. The van der Waals surface area contributed by atoms with Crippen LogP contribution in [0.4, 0.5) is 13.2 Å². The fourth-order valence-corrected chi connectivity index (χ4v) is 7.48. The summed E-state index contributed by atoms with van der Waals surface area (Å²) in [6.07, 6.45) is 1.03. The van der Waals surface area contributed by atoms with E-state index in [0.717, 1.165) is 29.0 Å². The van der Waals surface area contributed by atoms with Crippen molar-refractivity contribution in [3.63, 3.8) is 0 Å². The molecule has 0 radical (unpaired) electrons. The molecule has 3 aromatic rings. The number of benzene rings is 2. The summed E-state index contributed by atoms with van der Waals surface area (Å²) in [7, 11) is -5.78. The Balaban J connectivity index is 1.33. The number of nitrogens with one attached hydrogen (secondary N) is 1. The maximum atomic E-state index is 14.3. The Bertz CT molecular complexity index is 1740. The van der Waals surface area contributed by atoms with Crippen LogP contribution in [0.25, 0.3) is 10.1 Å². The van der Waals surface area contributed by atoms with E-state index in [1.807, 2.05) is 6.92 Å². The molecule has 2 fully saturated rings. The highest BCUT2D eigenvalue weighted by molar-refractivity contribution is 7.52. The van der Waals surface area contributed by atoms with E-state index >= 15 is 0 Å². The molecule has 0 spiro atoms. The quantitative estimate of drug-likeness (QED) is 0.290. The van der Waals surface area contributed by atoms with E-state index in [4.69, 9.17) is 14.5 Å². The number of fused-ring (bicyclic) bond motifs is 1. The van der Waals surface area contributed by atoms with E-state index in [1.165, 1.54) is 29.2 Å². The smallest absolute Gasteiger partial charge is 0.367 e. The first-order chi connectivity index (χ1) is 21.8. The van der Waals surface area contributed by atoms with Gasteiger partial charge in [0, 0.05) is 23.4 Å². The number of halogens is 3. The van der Waals surface area contributed by atoms with Gasteiger partial charge >= 0.3 is 13.3 Å². The fourth-order valence-electron chi connectivity index (χ4n) is 6.06. The summed E-state index contributed by atoms with van der Waals surface area (Å²) in [4.78, 5) is 62.9. The van der Waals surface area contributed by atoms with Crippen LogP contribution in [0.15, 0.2) is 48.5 Å². The normalized spacial score (nSPS) is 21.6. The van der Waals surface area contributed by atoms with Gasteiger partial charge in [-0.2, -0.15) is 8.78 Å². The third kappa shape index (κ3) is 6.98. The van der Waals surface area contributed by atoms with E-state index in [1.54, 1.807) is 37.8 Å². The topological polar surface area (TPSA) is 136 Å². The van der Waals surface area contributed by atoms with Gasteiger partial charge in [-0.1, -0.05) is 39.0 Å². The first-order valence-corrected chi connectivity index (χ1v) is 17.5. The molecule has 47 heavy (non-hydrogen) atoms. The Labute approximate surface area is 274 Å². The molecule has 3 atom stereocenters. The van der Waals surface area contributed by atoms with Gasteiger partial charge in [-0.3, -0.25) is 18.9 Å². The molecular formula is C32H37F3N3O7PS. The molecule has 2 saturated heterocycles. The van der Waals surface area contributed by atoms with Gasteiger partial charge in [-0.05, 0) is 66.5 Å². The third-order valence-electron chi connectivity index (χ3n) is 8.70. The molecule has 2 aromatic carbocycles. The molecule has 5 rings (SSSR count). The number of hydrogen-bond donors (Lipinski definition) is 3.